The highest BCUT2D eigenvalue weighted by Gasteiger charge is 2.55. The highest BCUT2D eigenvalue weighted by Crippen LogP contribution is 2.47. The third-order valence-electron chi connectivity index (χ3n) is 7.58. The van der Waals surface area contributed by atoms with Gasteiger partial charge in [0.1, 0.15) is 12.0 Å². The van der Waals surface area contributed by atoms with Crippen LogP contribution < -0.4 is 16.2 Å². The van der Waals surface area contributed by atoms with Crippen LogP contribution in [0.1, 0.15) is 59.8 Å². The Morgan fingerprint density at radius 2 is 1.80 bits per heavy atom. The molecule has 1 aliphatic heterocycles. The summed E-state index contributed by atoms with van der Waals surface area (Å²) in [6.07, 6.45) is -2.12. The van der Waals surface area contributed by atoms with Crippen LogP contribution in [-0.2, 0) is 0 Å². The molecule has 1 aromatic carbocycles. The summed E-state index contributed by atoms with van der Waals surface area (Å²) in [6.45, 7) is 3.37. The maximum Gasteiger partial charge on any atom is 0.266 e. The summed E-state index contributed by atoms with van der Waals surface area (Å²) in [6, 6.07) is 3.96. The molecule has 1 saturated heterocycles. The molecule has 0 spiro atoms. The summed E-state index contributed by atoms with van der Waals surface area (Å²) in [5.74, 6) is -0.767. The molecule has 10 heteroatoms. The van der Waals surface area contributed by atoms with E-state index in [-0.39, 0.29) is 41.6 Å². The highest BCUT2D eigenvalue weighted by atomic mass is 19.3. The molecule has 0 bridgehead atoms. The number of carbonyl (C=O) groups is 1. The van der Waals surface area contributed by atoms with Gasteiger partial charge < -0.3 is 20.1 Å². The molecule has 3 aliphatic rings. The molecule has 35 heavy (non-hydrogen) atoms. The van der Waals surface area contributed by atoms with Gasteiger partial charge in [-0.25, -0.2) is 17.6 Å². The topological polar surface area (TPSA) is 66.4 Å². The van der Waals surface area contributed by atoms with Crippen molar-refractivity contribution in [2.45, 2.75) is 50.5 Å². The van der Waals surface area contributed by atoms with Crippen LogP contribution >= 0.6 is 0 Å². The second-order valence-corrected chi connectivity index (χ2v) is 10.0. The Morgan fingerprint density at radius 3 is 2.43 bits per heavy atom. The molecule has 1 unspecified atom stereocenters. The molecule has 4 atom stereocenters. The van der Waals surface area contributed by atoms with Gasteiger partial charge in [-0.05, 0) is 38.6 Å². The molecule has 2 saturated carbocycles. The Balaban J connectivity index is 1.41. The van der Waals surface area contributed by atoms with Gasteiger partial charge in [0.15, 0.2) is 0 Å². The van der Waals surface area contributed by atoms with Crippen molar-refractivity contribution < 1.29 is 22.4 Å². The number of benzene rings is 1. The van der Waals surface area contributed by atoms with Crippen LogP contribution in [0.2, 0.25) is 0 Å². The number of amides is 1. The van der Waals surface area contributed by atoms with E-state index in [4.69, 9.17) is 0 Å². The summed E-state index contributed by atoms with van der Waals surface area (Å²) in [5.41, 5.74) is -0.556. The van der Waals surface area contributed by atoms with Crippen molar-refractivity contribution >= 4 is 11.6 Å². The van der Waals surface area contributed by atoms with Gasteiger partial charge in [-0.2, -0.15) is 0 Å². The number of aromatic nitrogens is 1. The fraction of sp³-hybridized carbons (Fsp3) is 0.520. The van der Waals surface area contributed by atoms with Gasteiger partial charge in [0.2, 0.25) is 0 Å². The average molecular weight is 493 g/mol. The molecule has 5 rings (SSSR count). The average Bonchev–Trinajstić information content (AvgIpc) is 3.21. The minimum Gasteiger partial charge on any atom is -0.381 e. The molecule has 6 nitrogen and oxygen atoms in total. The number of likely N-dealkylation sites (tertiary alicyclic amines) is 1. The van der Waals surface area contributed by atoms with Gasteiger partial charge in [-0.1, -0.05) is 18.2 Å². The van der Waals surface area contributed by atoms with E-state index in [0.29, 0.717) is 17.5 Å². The predicted molar refractivity (Wildman–Crippen MR) is 123 cm³/mol. The number of carbonyl (C=O) groups excluding carboxylic acids is 1. The van der Waals surface area contributed by atoms with E-state index in [0.717, 1.165) is 19.2 Å². The largest absolute Gasteiger partial charge is 0.381 e. The number of alkyl halides is 3. The standard InChI is InChI=1S/C25H28F4N4O2/c1-12(15-4-3-5-16(22(15)27)24(28)29)30-25(35)19-11-33(14-6-13(26)7-14)21(34)8-20(19)31-23-17-9-32(2)10-18(17)23/h3-5,8,11-14,17-18,23-24,31H,6-7,9-10H2,1-2H3,(H,30,35)/t12?,13-,14+,17-,18+,23-. The summed E-state index contributed by atoms with van der Waals surface area (Å²) >= 11 is 0. The van der Waals surface area contributed by atoms with E-state index >= 15 is 0 Å². The van der Waals surface area contributed by atoms with Crippen LogP contribution in [0.25, 0.3) is 0 Å². The molecule has 188 valence electrons. The quantitative estimate of drug-likeness (QED) is 0.573. The molecule has 2 N–H and O–H groups in total. The Morgan fingerprint density at radius 1 is 1.14 bits per heavy atom. The first-order chi connectivity index (χ1) is 16.6. The number of anilines is 1. The van der Waals surface area contributed by atoms with E-state index in [1.807, 2.05) is 7.05 Å². The number of nitrogens with zero attached hydrogens (tertiary/aromatic N) is 2. The molecule has 2 heterocycles. The summed E-state index contributed by atoms with van der Waals surface area (Å²) in [7, 11) is 2.05. The van der Waals surface area contributed by atoms with Crippen molar-refractivity contribution in [3.8, 4) is 0 Å². The lowest BCUT2D eigenvalue weighted by Gasteiger charge is -2.32. The lowest BCUT2D eigenvalue weighted by molar-refractivity contribution is 0.0937. The fourth-order valence-corrected chi connectivity index (χ4v) is 5.44. The number of nitrogens with one attached hydrogen (secondary N) is 2. The van der Waals surface area contributed by atoms with Crippen LogP contribution in [0.5, 0.6) is 0 Å². The van der Waals surface area contributed by atoms with Crippen molar-refractivity contribution in [2.24, 2.45) is 11.8 Å². The first kappa shape index (κ1) is 23.8. The van der Waals surface area contributed by atoms with Crippen molar-refractivity contribution in [1.29, 1.82) is 0 Å². The van der Waals surface area contributed by atoms with Gasteiger partial charge in [0.05, 0.1) is 22.9 Å². The highest BCUT2D eigenvalue weighted by molar-refractivity contribution is 5.99. The number of rotatable bonds is 7. The molecule has 2 aliphatic carbocycles. The maximum absolute atomic E-state index is 14.6. The van der Waals surface area contributed by atoms with Crippen molar-refractivity contribution in [3.63, 3.8) is 0 Å². The van der Waals surface area contributed by atoms with Crippen molar-refractivity contribution in [1.82, 2.24) is 14.8 Å². The minimum atomic E-state index is -2.98. The lowest BCUT2D eigenvalue weighted by atomic mass is 9.90. The Kier molecular flexibility index (Phi) is 6.11. The molecule has 1 amide bonds. The number of hydrogen-bond acceptors (Lipinski definition) is 4. The molecular formula is C25H28F4N4O2. The summed E-state index contributed by atoms with van der Waals surface area (Å²) in [4.78, 5) is 28.3. The minimum absolute atomic E-state index is 0.0574. The van der Waals surface area contributed by atoms with Crippen LogP contribution in [0, 0.1) is 17.7 Å². The zero-order chi connectivity index (χ0) is 25.0. The molecule has 0 radical (unpaired) electrons. The fourth-order valence-electron chi connectivity index (χ4n) is 5.44. The third kappa shape index (κ3) is 4.44. The van der Waals surface area contributed by atoms with Gasteiger partial charge in [0.25, 0.3) is 17.9 Å². The lowest BCUT2D eigenvalue weighted by Crippen LogP contribution is -2.37. The molecule has 2 aromatic rings. The van der Waals surface area contributed by atoms with E-state index in [2.05, 4.69) is 15.5 Å². The van der Waals surface area contributed by atoms with Gasteiger partial charge in [-0.3, -0.25) is 9.59 Å². The molecule has 1 aromatic heterocycles. The van der Waals surface area contributed by atoms with Crippen LogP contribution in [0.4, 0.5) is 23.2 Å². The smallest absolute Gasteiger partial charge is 0.266 e. The number of pyridine rings is 1. The zero-order valence-corrected chi connectivity index (χ0v) is 19.5. The number of fused-ring (bicyclic) bond motifs is 1. The Labute approximate surface area is 200 Å². The van der Waals surface area contributed by atoms with Crippen molar-refractivity contribution in [3.05, 3.63) is 63.3 Å². The zero-order valence-electron chi connectivity index (χ0n) is 19.5. The van der Waals surface area contributed by atoms with E-state index in [1.165, 1.54) is 35.9 Å². The monoisotopic (exact) mass is 492 g/mol. The normalized spacial score (nSPS) is 28.4. The van der Waals surface area contributed by atoms with Crippen LogP contribution in [-0.4, -0.2) is 47.7 Å². The van der Waals surface area contributed by atoms with Gasteiger partial charge in [-0.15, -0.1) is 0 Å². The number of halogens is 4. The Hall–Kier alpha value is -2.88. The number of hydrogen-bond donors (Lipinski definition) is 2. The molecular weight excluding hydrogens is 464 g/mol. The second kappa shape index (κ2) is 8.96. The van der Waals surface area contributed by atoms with E-state index in [1.54, 1.807) is 0 Å². The van der Waals surface area contributed by atoms with E-state index in [9.17, 15) is 27.2 Å². The predicted octanol–water partition coefficient (Wildman–Crippen LogP) is 4.06. The SMILES string of the molecule is CC(NC(=O)c1cn([C@H]2C[C@@H](F)C2)c(=O)cc1N[C@@H]1[C@@H]2CN(C)C[C@@H]21)c1cccc(C(F)F)c1F. The number of piperidine rings is 1. The first-order valence-corrected chi connectivity index (χ1v) is 11.9. The van der Waals surface area contributed by atoms with Gasteiger partial charge >= 0.3 is 0 Å². The molecule has 3 fully saturated rings. The first-order valence-electron chi connectivity index (χ1n) is 11.9. The van der Waals surface area contributed by atoms with Gasteiger partial charge in [0, 0.05) is 43.0 Å². The van der Waals surface area contributed by atoms with Crippen LogP contribution in [0.3, 0.4) is 0 Å². The summed E-state index contributed by atoms with van der Waals surface area (Å²) in [5, 5.41) is 6.02. The van der Waals surface area contributed by atoms with Crippen LogP contribution in [0.15, 0.2) is 35.3 Å². The van der Waals surface area contributed by atoms with E-state index < -0.39 is 35.9 Å². The summed E-state index contributed by atoms with van der Waals surface area (Å²) < 4.78 is 55.7. The second-order valence-electron chi connectivity index (χ2n) is 10.0. The third-order valence-corrected chi connectivity index (χ3v) is 7.58. The van der Waals surface area contributed by atoms with Crippen molar-refractivity contribution in [2.75, 3.05) is 25.5 Å². The Bertz CT molecular complexity index is 1180. The maximum atomic E-state index is 14.6.